The lowest BCUT2D eigenvalue weighted by molar-refractivity contribution is 0.404. The molecular formula is C13H22N2O. The summed E-state index contributed by atoms with van der Waals surface area (Å²) in [6.07, 6.45) is 0. The smallest absolute Gasteiger partial charge is 0.123 e. The van der Waals surface area contributed by atoms with E-state index in [1.807, 2.05) is 18.2 Å². The number of methoxy groups -OCH3 is 1. The molecule has 0 bridgehead atoms. The van der Waals surface area contributed by atoms with Gasteiger partial charge in [0.05, 0.1) is 7.11 Å². The van der Waals surface area contributed by atoms with Crippen molar-refractivity contribution in [1.82, 2.24) is 5.32 Å². The zero-order chi connectivity index (χ0) is 12.0. The molecule has 1 atom stereocenters. The highest BCUT2D eigenvalue weighted by Crippen LogP contribution is 2.16. The third kappa shape index (κ3) is 3.83. The Balaban J connectivity index is 2.42. The van der Waals surface area contributed by atoms with Crippen molar-refractivity contribution >= 4 is 0 Å². The molecule has 3 heteroatoms. The Hall–Kier alpha value is -1.06. The van der Waals surface area contributed by atoms with Gasteiger partial charge in [0.15, 0.2) is 0 Å². The Morgan fingerprint density at radius 2 is 2.00 bits per heavy atom. The van der Waals surface area contributed by atoms with Gasteiger partial charge in [0.1, 0.15) is 5.75 Å². The van der Waals surface area contributed by atoms with E-state index in [-0.39, 0.29) is 6.04 Å². The molecule has 1 aromatic rings. The van der Waals surface area contributed by atoms with Crippen molar-refractivity contribution in [3.05, 3.63) is 29.8 Å². The van der Waals surface area contributed by atoms with Crippen molar-refractivity contribution in [2.75, 3.05) is 13.7 Å². The second-order valence-corrected chi connectivity index (χ2v) is 4.35. The minimum absolute atomic E-state index is 0.203. The van der Waals surface area contributed by atoms with Gasteiger partial charge in [-0.1, -0.05) is 32.0 Å². The SMILES string of the molecule is COc1ccccc1CNCC(N)C(C)C. The van der Waals surface area contributed by atoms with Gasteiger partial charge < -0.3 is 15.8 Å². The number of nitrogens with one attached hydrogen (secondary N) is 1. The lowest BCUT2D eigenvalue weighted by Crippen LogP contribution is -2.37. The Bertz CT molecular complexity index is 313. The number of rotatable bonds is 6. The van der Waals surface area contributed by atoms with Crippen molar-refractivity contribution in [3.63, 3.8) is 0 Å². The Morgan fingerprint density at radius 3 is 2.62 bits per heavy atom. The van der Waals surface area contributed by atoms with Crippen LogP contribution in [-0.4, -0.2) is 19.7 Å². The summed E-state index contributed by atoms with van der Waals surface area (Å²) in [6.45, 7) is 5.89. The van der Waals surface area contributed by atoms with Crippen LogP contribution in [0.25, 0.3) is 0 Å². The molecule has 0 heterocycles. The molecule has 0 aliphatic carbocycles. The summed E-state index contributed by atoms with van der Waals surface area (Å²) in [6, 6.07) is 8.23. The first-order valence-electron chi connectivity index (χ1n) is 5.73. The number of benzene rings is 1. The molecule has 0 aliphatic rings. The summed E-state index contributed by atoms with van der Waals surface area (Å²) >= 11 is 0. The van der Waals surface area contributed by atoms with Crippen LogP contribution in [0.4, 0.5) is 0 Å². The summed E-state index contributed by atoms with van der Waals surface area (Å²) in [5, 5.41) is 3.35. The summed E-state index contributed by atoms with van der Waals surface area (Å²) < 4.78 is 5.28. The van der Waals surface area contributed by atoms with E-state index in [1.54, 1.807) is 7.11 Å². The first kappa shape index (κ1) is 13.0. The van der Waals surface area contributed by atoms with Gasteiger partial charge in [-0.05, 0) is 12.0 Å². The monoisotopic (exact) mass is 222 g/mol. The molecule has 1 rings (SSSR count). The van der Waals surface area contributed by atoms with Crippen LogP contribution in [0.2, 0.25) is 0 Å². The van der Waals surface area contributed by atoms with Gasteiger partial charge in [-0.3, -0.25) is 0 Å². The molecule has 0 saturated carbocycles. The lowest BCUT2D eigenvalue weighted by Gasteiger charge is -2.16. The molecule has 0 saturated heterocycles. The van der Waals surface area contributed by atoms with Crippen LogP contribution in [0.15, 0.2) is 24.3 Å². The first-order chi connectivity index (χ1) is 7.65. The molecule has 1 unspecified atom stereocenters. The van der Waals surface area contributed by atoms with Gasteiger partial charge in [0.25, 0.3) is 0 Å². The molecule has 1 aromatic carbocycles. The van der Waals surface area contributed by atoms with E-state index in [2.05, 4.69) is 25.2 Å². The molecule has 3 nitrogen and oxygen atoms in total. The molecular weight excluding hydrogens is 200 g/mol. The molecule has 0 aliphatic heterocycles. The van der Waals surface area contributed by atoms with E-state index in [9.17, 15) is 0 Å². The maximum Gasteiger partial charge on any atom is 0.123 e. The average Bonchev–Trinajstić information content (AvgIpc) is 2.29. The highest BCUT2D eigenvalue weighted by Gasteiger charge is 2.07. The standard InChI is InChI=1S/C13H22N2O/c1-10(2)12(14)9-15-8-11-6-4-5-7-13(11)16-3/h4-7,10,12,15H,8-9,14H2,1-3H3. The van der Waals surface area contributed by atoms with Crippen LogP contribution in [0.3, 0.4) is 0 Å². The van der Waals surface area contributed by atoms with E-state index in [0.717, 1.165) is 18.8 Å². The largest absolute Gasteiger partial charge is 0.496 e. The number of hydrogen-bond donors (Lipinski definition) is 2. The molecule has 0 spiro atoms. The van der Waals surface area contributed by atoms with E-state index in [1.165, 1.54) is 5.56 Å². The average molecular weight is 222 g/mol. The second-order valence-electron chi connectivity index (χ2n) is 4.35. The van der Waals surface area contributed by atoms with Crippen molar-refractivity contribution in [2.45, 2.75) is 26.4 Å². The van der Waals surface area contributed by atoms with Gasteiger partial charge in [-0.25, -0.2) is 0 Å². The Labute approximate surface area is 98.0 Å². The van der Waals surface area contributed by atoms with Gasteiger partial charge in [0, 0.05) is 24.7 Å². The topological polar surface area (TPSA) is 47.3 Å². The molecule has 0 radical (unpaired) electrons. The van der Waals surface area contributed by atoms with Gasteiger partial charge in [-0.15, -0.1) is 0 Å². The third-order valence-electron chi connectivity index (χ3n) is 2.74. The number of hydrogen-bond acceptors (Lipinski definition) is 3. The van der Waals surface area contributed by atoms with E-state index >= 15 is 0 Å². The maximum absolute atomic E-state index is 5.96. The quantitative estimate of drug-likeness (QED) is 0.771. The summed E-state index contributed by atoms with van der Waals surface area (Å²) in [5.74, 6) is 1.43. The fourth-order valence-corrected chi connectivity index (χ4v) is 1.46. The van der Waals surface area contributed by atoms with E-state index in [4.69, 9.17) is 10.5 Å². The Morgan fingerprint density at radius 1 is 1.31 bits per heavy atom. The second kappa shape index (κ2) is 6.51. The van der Waals surface area contributed by atoms with Crippen LogP contribution < -0.4 is 15.8 Å². The highest BCUT2D eigenvalue weighted by atomic mass is 16.5. The predicted molar refractivity (Wildman–Crippen MR) is 67.5 cm³/mol. The zero-order valence-corrected chi connectivity index (χ0v) is 10.4. The van der Waals surface area contributed by atoms with Crippen molar-refractivity contribution in [2.24, 2.45) is 11.7 Å². The summed E-state index contributed by atoms with van der Waals surface area (Å²) in [4.78, 5) is 0. The van der Waals surface area contributed by atoms with Crippen molar-refractivity contribution in [3.8, 4) is 5.75 Å². The molecule has 0 aromatic heterocycles. The Kier molecular flexibility index (Phi) is 5.29. The van der Waals surface area contributed by atoms with Crippen molar-refractivity contribution < 1.29 is 4.74 Å². The third-order valence-corrected chi connectivity index (χ3v) is 2.74. The zero-order valence-electron chi connectivity index (χ0n) is 10.4. The minimum atomic E-state index is 0.203. The van der Waals surface area contributed by atoms with E-state index in [0.29, 0.717) is 5.92 Å². The van der Waals surface area contributed by atoms with Crippen LogP contribution >= 0.6 is 0 Å². The highest BCUT2D eigenvalue weighted by molar-refractivity contribution is 5.32. The van der Waals surface area contributed by atoms with Crippen LogP contribution in [0.1, 0.15) is 19.4 Å². The molecule has 0 amide bonds. The van der Waals surface area contributed by atoms with E-state index < -0.39 is 0 Å². The van der Waals surface area contributed by atoms with Crippen LogP contribution in [0.5, 0.6) is 5.75 Å². The normalized spacial score (nSPS) is 12.8. The van der Waals surface area contributed by atoms with Gasteiger partial charge >= 0.3 is 0 Å². The molecule has 0 fully saturated rings. The fourth-order valence-electron chi connectivity index (χ4n) is 1.46. The van der Waals surface area contributed by atoms with Gasteiger partial charge in [-0.2, -0.15) is 0 Å². The molecule has 90 valence electrons. The van der Waals surface area contributed by atoms with Crippen molar-refractivity contribution in [1.29, 1.82) is 0 Å². The maximum atomic E-state index is 5.96. The van der Waals surface area contributed by atoms with Crippen LogP contribution in [-0.2, 0) is 6.54 Å². The number of nitrogens with two attached hydrogens (primary N) is 1. The number of para-hydroxylation sites is 1. The van der Waals surface area contributed by atoms with Gasteiger partial charge in [0.2, 0.25) is 0 Å². The number of ether oxygens (including phenoxy) is 1. The first-order valence-corrected chi connectivity index (χ1v) is 5.73. The minimum Gasteiger partial charge on any atom is -0.496 e. The predicted octanol–water partition coefficient (Wildman–Crippen LogP) is 1.77. The lowest BCUT2D eigenvalue weighted by atomic mass is 10.1. The van der Waals surface area contributed by atoms with Crippen LogP contribution in [0, 0.1) is 5.92 Å². The summed E-state index contributed by atoms with van der Waals surface area (Å²) in [5.41, 5.74) is 7.12. The molecule has 16 heavy (non-hydrogen) atoms. The molecule has 3 N–H and O–H groups in total. The summed E-state index contributed by atoms with van der Waals surface area (Å²) in [7, 11) is 1.69. The fraction of sp³-hybridized carbons (Fsp3) is 0.538.